The number of carbonyl (C=O) groups excluding carboxylic acids is 1. The van der Waals surface area contributed by atoms with Crippen molar-refractivity contribution in [2.45, 2.75) is 17.9 Å². The molecule has 0 aliphatic carbocycles. The molecule has 5 nitrogen and oxygen atoms in total. The fourth-order valence-electron chi connectivity index (χ4n) is 3.29. The molecule has 3 aromatic carbocycles. The minimum Gasteiger partial charge on any atom is -0.495 e. The van der Waals surface area contributed by atoms with Crippen molar-refractivity contribution in [3.05, 3.63) is 60.7 Å². The number of amides is 1. The molecule has 1 aromatic heterocycles. The number of ether oxygens (including phenoxy) is 1. The van der Waals surface area contributed by atoms with Gasteiger partial charge in [-0.3, -0.25) is 4.79 Å². The molecule has 29 heavy (non-hydrogen) atoms. The van der Waals surface area contributed by atoms with E-state index in [2.05, 4.69) is 10.6 Å². The molecule has 4 aromatic rings. The van der Waals surface area contributed by atoms with Crippen LogP contribution >= 0.6 is 11.8 Å². The van der Waals surface area contributed by atoms with Crippen LogP contribution in [0.25, 0.3) is 21.9 Å². The van der Waals surface area contributed by atoms with Crippen molar-refractivity contribution in [1.29, 1.82) is 0 Å². The first-order chi connectivity index (χ1) is 14.1. The average Bonchev–Trinajstić information content (AvgIpc) is 3.10. The van der Waals surface area contributed by atoms with Crippen molar-refractivity contribution in [1.82, 2.24) is 0 Å². The van der Waals surface area contributed by atoms with Crippen molar-refractivity contribution < 1.29 is 13.9 Å². The van der Waals surface area contributed by atoms with Gasteiger partial charge in [0.25, 0.3) is 0 Å². The van der Waals surface area contributed by atoms with Crippen LogP contribution in [0.1, 0.15) is 6.92 Å². The molecule has 1 atom stereocenters. The molecule has 0 aliphatic rings. The molecule has 0 fully saturated rings. The highest BCUT2D eigenvalue weighted by molar-refractivity contribution is 7.98. The Bertz CT molecular complexity index is 1190. The van der Waals surface area contributed by atoms with Gasteiger partial charge in [0.2, 0.25) is 5.91 Å². The van der Waals surface area contributed by atoms with Crippen LogP contribution in [0.4, 0.5) is 11.4 Å². The largest absolute Gasteiger partial charge is 0.495 e. The van der Waals surface area contributed by atoms with E-state index in [1.165, 1.54) is 0 Å². The quantitative estimate of drug-likeness (QED) is 0.399. The summed E-state index contributed by atoms with van der Waals surface area (Å²) in [6, 6.07) is 19.1. The van der Waals surface area contributed by atoms with Crippen molar-refractivity contribution >= 4 is 51.0 Å². The lowest BCUT2D eigenvalue weighted by atomic mass is 10.1. The third-order valence-corrected chi connectivity index (χ3v) is 5.53. The number of rotatable bonds is 6. The van der Waals surface area contributed by atoms with Gasteiger partial charge in [-0.15, -0.1) is 11.8 Å². The maximum Gasteiger partial charge on any atom is 0.246 e. The number of nitrogens with one attached hydrogen (secondary N) is 2. The zero-order valence-corrected chi connectivity index (χ0v) is 17.3. The minimum atomic E-state index is -0.428. The minimum absolute atomic E-state index is 0.159. The van der Waals surface area contributed by atoms with Crippen molar-refractivity contribution in [3.8, 4) is 5.75 Å². The third-order valence-electron chi connectivity index (χ3n) is 4.80. The van der Waals surface area contributed by atoms with E-state index in [9.17, 15) is 4.79 Å². The number of furan rings is 1. The lowest BCUT2D eigenvalue weighted by molar-refractivity contribution is -0.116. The Balaban J connectivity index is 1.58. The predicted octanol–water partition coefficient (Wildman–Crippen LogP) is 5.76. The molecule has 148 valence electrons. The second-order valence-electron chi connectivity index (χ2n) is 6.73. The topological polar surface area (TPSA) is 63.5 Å². The van der Waals surface area contributed by atoms with E-state index in [-0.39, 0.29) is 5.91 Å². The Kier molecular flexibility index (Phi) is 5.36. The lowest BCUT2D eigenvalue weighted by Gasteiger charge is -2.17. The number of benzene rings is 3. The maximum atomic E-state index is 12.8. The molecule has 0 unspecified atom stereocenters. The second kappa shape index (κ2) is 8.09. The Labute approximate surface area is 173 Å². The normalized spacial score (nSPS) is 12.1. The summed E-state index contributed by atoms with van der Waals surface area (Å²) in [5.41, 5.74) is 2.99. The molecule has 1 heterocycles. The van der Waals surface area contributed by atoms with E-state index in [0.717, 1.165) is 26.9 Å². The smallest absolute Gasteiger partial charge is 0.246 e. The van der Waals surface area contributed by atoms with Crippen LogP contribution < -0.4 is 15.4 Å². The summed E-state index contributed by atoms with van der Waals surface area (Å²) in [7, 11) is 1.59. The number of carbonyl (C=O) groups is 1. The van der Waals surface area contributed by atoms with Crippen molar-refractivity contribution in [2.24, 2.45) is 0 Å². The van der Waals surface area contributed by atoms with Gasteiger partial charge in [-0.25, -0.2) is 0 Å². The molecule has 2 N–H and O–H groups in total. The number of hydrogen-bond acceptors (Lipinski definition) is 5. The summed E-state index contributed by atoms with van der Waals surface area (Å²) in [6.07, 6.45) is 2.02. The van der Waals surface area contributed by atoms with Gasteiger partial charge in [0.05, 0.1) is 12.8 Å². The number of hydrogen-bond donors (Lipinski definition) is 2. The number of para-hydroxylation sites is 1. The predicted molar refractivity (Wildman–Crippen MR) is 120 cm³/mol. The molecule has 0 spiro atoms. The van der Waals surface area contributed by atoms with E-state index >= 15 is 0 Å². The molecule has 0 bridgehead atoms. The maximum absolute atomic E-state index is 12.8. The third kappa shape index (κ3) is 3.89. The monoisotopic (exact) mass is 406 g/mol. The molecular formula is C23H22N2O3S. The van der Waals surface area contributed by atoms with Gasteiger partial charge in [0.15, 0.2) is 0 Å². The van der Waals surface area contributed by atoms with Gasteiger partial charge in [0, 0.05) is 27.4 Å². The Morgan fingerprint density at radius 2 is 1.86 bits per heavy atom. The van der Waals surface area contributed by atoms with Crippen LogP contribution in [0, 0.1) is 0 Å². The summed E-state index contributed by atoms with van der Waals surface area (Å²) >= 11 is 1.66. The van der Waals surface area contributed by atoms with Crippen molar-refractivity contribution in [2.75, 3.05) is 24.0 Å². The SMILES string of the molecule is COc1cc2c(cc1NC(=O)[C@@H](C)Nc1cccc(SC)c1)oc1ccccc12. The molecule has 6 heteroatoms. The summed E-state index contributed by atoms with van der Waals surface area (Å²) in [5, 5.41) is 8.17. The first-order valence-corrected chi connectivity index (χ1v) is 10.5. The van der Waals surface area contributed by atoms with Crippen LogP contribution in [-0.2, 0) is 4.79 Å². The molecular weight excluding hydrogens is 384 g/mol. The molecule has 0 aliphatic heterocycles. The molecule has 0 saturated heterocycles. The van der Waals surface area contributed by atoms with Crippen LogP contribution in [0.3, 0.4) is 0 Å². The summed E-state index contributed by atoms with van der Waals surface area (Å²) in [5.74, 6) is 0.433. The fourth-order valence-corrected chi connectivity index (χ4v) is 3.75. The Morgan fingerprint density at radius 3 is 2.66 bits per heavy atom. The molecule has 0 radical (unpaired) electrons. The van der Waals surface area contributed by atoms with Crippen LogP contribution in [-0.4, -0.2) is 25.3 Å². The van der Waals surface area contributed by atoms with Gasteiger partial charge in [-0.1, -0.05) is 24.3 Å². The molecule has 1 amide bonds. The van der Waals surface area contributed by atoms with Crippen molar-refractivity contribution in [3.63, 3.8) is 0 Å². The summed E-state index contributed by atoms with van der Waals surface area (Å²) < 4.78 is 11.5. The summed E-state index contributed by atoms with van der Waals surface area (Å²) in [6.45, 7) is 1.83. The van der Waals surface area contributed by atoms with Crippen LogP contribution in [0.2, 0.25) is 0 Å². The van der Waals surface area contributed by atoms with E-state index < -0.39 is 6.04 Å². The molecule has 0 saturated carbocycles. The first-order valence-electron chi connectivity index (χ1n) is 9.30. The fraction of sp³-hybridized carbons (Fsp3) is 0.174. The number of fused-ring (bicyclic) bond motifs is 3. The zero-order valence-electron chi connectivity index (χ0n) is 16.5. The lowest BCUT2D eigenvalue weighted by Crippen LogP contribution is -2.32. The molecule has 4 rings (SSSR count). The number of thioether (sulfide) groups is 1. The van der Waals surface area contributed by atoms with Gasteiger partial charge >= 0.3 is 0 Å². The Morgan fingerprint density at radius 1 is 1.03 bits per heavy atom. The van der Waals surface area contributed by atoms with Crippen LogP contribution in [0.5, 0.6) is 5.75 Å². The highest BCUT2D eigenvalue weighted by atomic mass is 32.2. The van der Waals surface area contributed by atoms with E-state index in [4.69, 9.17) is 9.15 Å². The standard InChI is InChI=1S/C23H22N2O3S/c1-14(24-15-7-6-8-16(11-15)29-3)23(26)25-19-13-21-18(12-22(19)27-2)17-9-4-5-10-20(17)28-21/h4-14,24H,1-3H3,(H,25,26)/t14-/m1/s1. The van der Waals surface area contributed by atoms with Gasteiger partial charge < -0.3 is 19.8 Å². The zero-order chi connectivity index (χ0) is 20.4. The summed E-state index contributed by atoms with van der Waals surface area (Å²) in [4.78, 5) is 13.9. The highest BCUT2D eigenvalue weighted by Crippen LogP contribution is 2.36. The first kappa shape index (κ1) is 19.2. The Hall–Kier alpha value is -3.12. The van der Waals surface area contributed by atoms with Gasteiger partial charge in [0.1, 0.15) is 23.0 Å². The number of anilines is 2. The van der Waals surface area contributed by atoms with E-state index in [0.29, 0.717) is 17.0 Å². The highest BCUT2D eigenvalue weighted by Gasteiger charge is 2.17. The number of methoxy groups -OCH3 is 1. The van der Waals surface area contributed by atoms with E-state index in [1.807, 2.05) is 73.8 Å². The van der Waals surface area contributed by atoms with Gasteiger partial charge in [-0.05, 0) is 43.5 Å². The average molecular weight is 407 g/mol. The second-order valence-corrected chi connectivity index (χ2v) is 7.61. The van der Waals surface area contributed by atoms with Crippen LogP contribution in [0.15, 0.2) is 70.0 Å². The van der Waals surface area contributed by atoms with E-state index in [1.54, 1.807) is 18.9 Å². The van der Waals surface area contributed by atoms with Gasteiger partial charge in [-0.2, -0.15) is 0 Å².